The Morgan fingerprint density at radius 1 is 1.03 bits per heavy atom. The summed E-state index contributed by atoms with van der Waals surface area (Å²) in [4.78, 5) is 0.344. The zero-order valence-corrected chi connectivity index (χ0v) is 21.5. The Balaban J connectivity index is 1.47. The molecule has 2 aromatic rings. The van der Waals surface area contributed by atoms with Gasteiger partial charge < -0.3 is 10.1 Å². The van der Waals surface area contributed by atoms with Crippen molar-refractivity contribution in [2.75, 3.05) is 20.2 Å². The maximum Gasteiger partial charge on any atom is 0.240 e. The first-order chi connectivity index (χ1) is 16.5. The van der Waals surface area contributed by atoms with Gasteiger partial charge in [0.25, 0.3) is 0 Å². The Morgan fingerprint density at radius 2 is 1.79 bits per heavy atom. The number of ether oxygens (including phenoxy) is 1. The normalized spacial score (nSPS) is 22.2. The fourth-order valence-electron chi connectivity index (χ4n) is 5.92. The molecule has 0 amide bonds. The number of benzene rings is 2. The van der Waals surface area contributed by atoms with Gasteiger partial charge in [-0.05, 0) is 78.8 Å². The lowest BCUT2D eigenvalue weighted by Crippen LogP contribution is -2.49. The molecule has 2 atom stereocenters. The van der Waals surface area contributed by atoms with Gasteiger partial charge in [-0.2, -0.15) is 0 Å². The predicted molar refractivity (Wildman–Crippen MR) is 138 cm³/mol. The second kappa shape index (κ2) is 11.2. The average Bonchev–Trinajstić information content (AvgIpc) is 2.88. The van der Waals surface area contributed by atoms with E-state index in [2.05, 4.69) is 35.2 Å². The van der Waals surface area contributed by atoms with Gasteiger partial charge in [0.05, 0.1) is 12.0 Å². The topological polar surface area (TPSA) is 67.4 Å². The summed E-state index contributed by atoms with van der Waals surface area (Å²) in [6, 6.07) is 15.7. The number of methoxy groups -OCH3 is 1. The van der Waals surface area contributed by atoms with E-state index in [9.17, 15) is 8.42 Å². The number of sulfonamides is 1. The third-order valence-corrected chi connectivity index (χ3v) is 9.32. The number of aryl methyl sites for hydroxylation is 1. The summed E-state index contributed by atoms with van der Waals surface area (Å²) in [6.45, 7) is 3.62. The lowest BCUT2D eigenvalue weighted by molar-refractivity contribution is 0.171. The molecule has 4 rings (SSSR count). The van der Waals surface area contributed by atoms with E-state index in [1.165, 1.54) is 30.4 Å². The molecule has 2 N–H and O–H groups in total. The Hall–Kier alpha value is -1.89. The van der Waals surface area contributed by atoms with Gasteiger partial charge in [0, 0.05) is 19.1 Å². The van der Waals surface area contributed by atoms with Crippen molar-refractivity contribution in [1.29, 1.82) is 0 Å². The maximum atomic E-state index is 12.9. The summed E-state index contributed by atoms with van der Waals surface area (Å²) >= 11 is 0. The molecule has 5 nitrogen and oxygen atoms in total. The largest absolute Gasteiger partial charge is 0.497 e. The fraction of sp³-hybridized carbons (Fsp3) is 0.571. The zero-order chi connectivity index (χ0) is 24.0. The van der Waals surface area contributed by atoms with Gasteiger partial charge in [0.2, 0.25) is 10.0 Å². The number of nitrogens with one attached hydrogen (secondary N) is 2. The van der Waals surface area contributed by atoms with Crippen LogP contribution in [0.5, 0.6) is 5.75 Å². The second-order valence-electron chi connectivity index (χ2n) is 10.2. The molecule has 0 aliphatic heterocycles. The molecular formula is C28H40N2O3S. The van der Waals surface area contributed by atoms with Crippen LogP contribution >= 0.6 is 0 Å². The van der Waals surface area contributed by atoms with Crippen molar-refractivity contribution in [3.63, 3.8) is 0 Å². The van der Waals surface area contributed by atoms with Crippen molar-refractivity contribution in [3.8, 4) is 5.75 Å². The Bertz CT molecular complexity index is 1030. The van der Waals surface area contributed by atoms with Gasteiger partial charge in [-0.1, -0.05) is 56.9 Å². The van der Waals surface area contributed by atoms with Crippen LogP contribution in [0.15, 0.2) is 53.4 Å². The number of rotatable bonds is 10. The van der Waals surface area contributed by atoms with Crippen molar-refractivity contribution >= 4 is 10.0 Å². The Morgan fingerprint density at radius 3 is 2.50 bits per heavy atom. The molecule has 2 aliphatic carbocycles. The SMILES string of the molecule is CCCC1c2ccc(OC)cc2CCC1NCC1(CNS(=O)(=O)c2ccccc2)CCCCC1. The third-order valence-electron chi connectivity index (χ3n) is 7.90. The molecule has 1 saturated carbocycles. The molecule has 6 heteroatoms. The molecule has 2 unspecified atom stereocenters. The van der Waals surface area contributed by atoms with Crippen molar-refractivity contribution in [1.82, 2.24) is 10.0 Å². The van der Waals surface area contributed by atoms with Gasteiger partial charge >= 0.3 is 0 Å². The zero-order valence-electron chi connectivity index (χ0n) is 20.7. The van der Waals surface area contributed by atoms with Crippen LogP contribution in [-0.4, -0.2) is 34.7 Å². The van der Waals surface area contributed by atoms with E-state index in [1.54, 1.807) is 31.4 Å². The highest BCUT2D eigenvalue weighted by atomic mass is 32.2. The number of hydrogen-bond acceptors (Lipinski definition) is 4. The molecule has 2 aliphatic rings. The first-order valence-corrected chi connectivity index (χ1v) is 14.4. The molecule has 0 radical (unpaired) electrons. The first-order valence-electron chi connectivity index (χ1n) is 12.9. The standard InChI is InChI=1S/C28H40N2O3S/c1-3-10-26-25-15-14-23(33-2)19-22(25)13-16-27(26)29-20-28(17-8-5-9-18-28)21-30-34(31,32)24-11-6-4-7-12-24/h4,6-7,11-12,14-15,19,26-27,29-30H,3,5,8-10,13,16-18,20-21H2,1-2H3. The highest BCUT2D eigenvalue weighted by molar-refractivity contribution is 7.89. The van der Waals surface area contributed by atoms with Crippen LogP contribution < -0.4 is 14.8 Å². The molecule has 0 bridgehead atoms. The van der Waals surface area contributed by atoms with E-state index >= 15 is 0 Å². The van der Waals surface area contributed by atoms with Crippen LogP contribution in [0.3, 0.4) is 0 Å². The minimum atomic E-state index is -3.50. The summed E-state index contributed by atoms with van der Waals surface area (Å²) in [6.07, 6.45) is 10.2. The second-order valence-corrected chi connectivity index (χ2v) is 12.0. The van der Waals surface area contributed by atoms with Crippen LogP contribution in [0.2, 0.25) is 0 Å². The number of hydrogen-bond donors (Lipinski definition) is 2. The molecule has 0 aromatic heterocycles. The maximum absolute atomic E-state index is 12.9. The van der Waals surface area contributed by atoms with Crippen LogP contribution in [0.25, 0.3) is 0 Å². The Labute approximate surface area is 205 Å². The number of fused-ring (bicyclic) bond motifs is 1. The van der Waals surface area contributed by atoms with E-state index in [0.29, 0.717) is 23.4 Å². The van der Waals surface area contributed by atoms with Crippen molar-refractivity contribution in [2.45, 2.75) is 81.6 Å². The highest BCUT2D eigenvalue weighted by Crippen LogP contribution is 2.39. The fourth-order valence-corrected chi connectivity index (χ4v) is 7.10. The molecule has 186 valence electrons. The molecular weight excluding hydrogens is 444 g/mol. The van der Waals surface area contributed by atoms with Crippen molar-refractivity contribution < 1.29 is 13.2 Å². The summed E-state index contributed by atoms with van der Waals surface area (Å²) in [5.41, 5.74) is 2.84. The minimum Gasteiger partial charge on any atom is -0.497 e. The summed E-state index contributed by atoms with van der Waals surface area (Å²) < 4.78 is 34.2. The van der Waals surface area contributed by atoms with E-state index in [1.807, 2.05) is 6.07 Å². The Kier molecular flexibility index (Phi) is 8.33. The van der Waals surface area contributed by atoms with E-state index in [4.69, 9.17) is 4.74 Å². The van der Waals surface area contributed by atoms with Crippen LogP contribution in [0, 0.1) is 5.41 Å². The van der Waals surface area contributed by atoms with Gasteiger partial charge in [0.1, 0.15) is 5.75 Å². The lowest BCUT2D eigenvalue weighted by atomic mass is 9.72. The molecule has 0 heterocycles. The van der Waals surface area contributed by atoms with E-state index < -0.39 is 10.0 Å². The van der Waals surface area contributed by atoms with Gasteiger partial charge in [-0.3, -0.25) is 0 Å². The molecule has 1 fully saturated rings. The monoisotopic (exact) mass is 484 g/mol. The van der Waals surface area contributed by atoms with Crippen LogP contribution in [0.4, 0.5) is 0 Å². The molecule has 0 spiro atoms. The summed E-state index contributed by atoms with van der Waals surface area (Å²) in [5.74, 6) is 1.42. The van der Waals surface area contributed by atoms with Gasteiger partial charge in [-0.15, -0.1) is 0 Å². The van der Waals surface area contributed by atoms with Gasteiger partial charge in [-0.25, -0.2) is 13.1 Å². The minimum absolute atomic E-state index is 0.0307. The van der Waals surface area contributed by atoms with Crippen molar-refractivity contribution in [3.05, 3.63) is 59.7 Å². The first kappa shape index (κ1) is 25.2. The third kappa shape index (κ3) is 5.84. The van der Waals surface area contributed by atoms with Gasteiger partial charge in [0.15, 0.2) is 0 Å². The van der Waals surface area contributed by atoms with E-state index in [-0.39, 0.29) is 5.41 Å². The highest BCUT2D eigenvalue weighted by Gasteiger charge is 2.36. The van der Waals surface area contributed by atoms with Crippen LogP contribution in [-0.2, 0) is 16.4 Å². The average molecular weight is 485 g/mol. The van der Waals surface area contributed by atoms with Crippen LogP contribution in [0.1, 0.15) is 75.3 Å². The molecule has 0 saturated heterocycles. The lowest BCUT2D eigenvalue weighted by Gasteiger charge is -2.41. The van der Waals surface area contributed by atoms with E-state index in [0.717, 1.165) is 50.8 Å². The van der Waals surface area contributed by atoms with Crippen molar-refractivity contribution in [2.24, 2.45) is 5.41 Å². The quantitative estimate of drug-likeness (QED) is 0.473. The summed E-state index contributed by atoms with van der Waals surface area (Å²) in [7, 11) is -1.77. The smallest absolute Gasteiger partial charge is 0.240 e. The summed E-state index contributed by atoms with van der Waals surface area (Å²) in [5, 5.41) is 3.95. The molecule has 2 aromatic carbocycles. The molecule has 34 heavy (non-hydrogen) atoms. The predicted octanol–water partition coefficient (Wildman–Crippen LogP) is 5.41.